The standard InChI is InChI=1S/C40H68O14P2/c1-4-5-21-27-36(41)28-23-18-13-11-9-7-6-8-10-12-14-20-25-30-40(44)54-38(33-50-39(43)29-24-19-16-15-17-22-26-35(2)3)34-53-56(48,49)52-32-37(42)31-51-55(45,46)47/h5,7-10,13-14,18,20-21,23,28,35-38,41-42H,4,6,11-12,15-17,19,22,24-27,29-34H2,1-3H3,(H,48,49)(H2,45,46,47)/b9-7-,10-8-,18-13+,20-14-,21-5-,28-23+/t36?,37-,38+/m0/s1. The zero-order valence-corrected chi connectivity index (χ0v) is 35.3. The highest BCUT2D eigenvalue weighted by molar-refractivity contribution is 7.47. The van der Waals surface area contributed by atoms with Gasteiger partial charge in [0.2, 0.25) is 0 Å². The molecule has 0 aromatic heterocycles. The van der Waals surface area contributed by atoms with Crippen molar-refractivity contribution in [3.8, 4) is 0 Å². The van der Waals surface area contributed by atoms with Gasteiger partial charge in [0.1, 0.15) is 12.7 Å². The van der Waals surface area contributed by atoms with Gasteiger partial charge in [-0.25, -0.2) is 9.13 Å². The number of ether oxygens (including phenoxy) is 2. The molecule has 0 saturated heterocycles. The lowest BCUT2D eigenvalue weighted by Gasteiger charge is -2.20. The summed E-state index contributed by atoms with van der Waals surface area (Å²) in [6.07, 6.45) is 31.5. The highest BCUT2D eigenvalue weighted by Crippen LogP contribution is 2.43. The van der Waals surface area contributed by atoms with Crippen molar-refractivity contribution in [3.63, 3.8) is 0 Å². The molecule has 322 valence electrons. The summed E-state index contributed by atoms with van der Waals surface area (Å²) in [5.74, 6) is -0.476. The Hall–Kier alpha value is -2.48. The van der Waals surface area contributed by atoms with Crippen LogP contribution in [0.4, 0.5) is 0 Å². The lowest BCUT2D eigenvalue weighted by molar-refractivity contribution is -0.161. The lowest BCUT2D eigenvalue weighted by Crippen LogP contribution is -2.29. The minimum atomic E-state index is -4.87. The zero-order valence-electron chi connectivity index (χ0n) is 33.5. The van der Waals surface area contributed by atoms with Gasteiger partial charge in [0, 0.05) is 12.8 Å². The molecule has 0 aliphatic heterocycles. The van der Waals surface area contributed by atoms with Crippen LogP contribution in [0.1, 0.15) is 117 Å². The van der Waals surface area contributed by atoms with E-state index in [0.717, 1.165) is 44.9 Å². The Labute approximate surface area is 334 Å². The van der Waals surface area contributed by atoms with Crippen LogP contribution in [-0.2, 0) is 41.8 Å². The minimum Gasteiger partial charge on any atom is -0.462 e. The van der Waals surface area contributed by atoms with E-state index in [9.17, 15) is 33.8 Å². The first-order chi connectivity index (χ1) is 26.6. The summed E-state index contributed by atoms with van der Waals surface area (Å²) in [5, 5.41) is 19.5. The number of esters is 2. The van der Waals surface area contributed by atoms with Gasteiger partial charge in [-0.1, -0.05) is 132 Å². The lowest BCUT2D eigenvalue weighted by atomic mass is 10.0. The van der Waals surface area contributed by atoms with Crippen molar-refractivity contribution in [3.05, 3.63) is 72.9 Å². The third kappa shape index (κ3) is 38.4. The molecule has 0 rings (SSSR count). The first-order valence-electron chi connectivity index (χ1n) is 19.6. The average Bonchev–Trinajstić information content (AvgIpc) is 3.13. The molecule has 0 radical (unpaired) electrons. The maximum Gasteiger partial charge on any atom is 0.472 e. The van der Waals surface area contributed by atoms with Gasteiger partial charge in [-0.05, 0) is 50.9 Å². The van der Waals surface area contributed by atoms with E-state index < -0.39 is 72.3 Å². The summed E-state index contributed by atoms with van der Waals surface area (Å²) in [5.41, 5.74) is 0. The largest absolute Gasteiger partial charge is 0.472 e. The molecule has 0 aliphatic rings. The third-order valence-corrected chi connectivity index (χ3v) is 9.06. The topological polar surface area (TPSA) is 216 Å². The quantitative estimate of drug-likeness (QED) is 0.0134. The van der Waals surface area contributed by atoms with Crippen LogP contribution in [0, 0.1) is 5.92 Å². The first-order valence-corrected chi connectivity index (χ1v) is 22.6. The summed E-state index contributed by atoms with van der Waals surface area (Å²) in [6.45, 7) is 3.62. The molecule has 5 N–H and O–H groups in total. The number of hydrogen-bond acceptors (Lipinski definition) is 11. The van der Waals surface area contributed by atoms with E-state index in [-0.39, 0.29) is 12.8 Å². The normalized spacial score (nSPS) is 15.6. The summed E-state index contributed by atoms with van der Waals surface area (Å²) in [6, 6.07) is 0. The van der Waals surface area contributed by atoms with E-state index in [1.54, 1.807) is 6.08 Å². The van der Waals surface area contributed by atoms with Crippen molar-refractivity contribution in [2.75, 3.05) is 26.4 Å². The number of rotatable bonds is 35. The molecule has 0 bridgehead atoms. The van der Waals surface area contributed by atoms with Crippen molar-refractivity contribution in [2.45, 2.75) is 135 Å². The van der Waals surface area contributed by atoms with Crippen LogP contribution in [0.2, 0.25) is 0 Å². The van der Waals surface area contributed by atoms with Crippen molar-refractivity contribution < 1.29 is 66.7 Å². The van der Waals surface area contributed by atoms with Crippen LogP contribution in [-0.4, -0.2) is 81.6 Å². The van der Waals surface area contributed by atoms with Gasteiger partial charge in [-0.3, -0.25) is 23.2 Å². The van der Waals surface area contributed by atoms with E-state index >= 15 is 0 Å². The Balaban J connectivity index is 4.73. The number of unbranched alkanes of at least 4 members (excludes halogenated alkanes) is 5. The van der Waals surface area contributed by atoms with Crippen LogP contribution < -0.4 is 0 Å². The fourth-order valence-corrected chi connectivity index (χ4v) is 5.80. The molecular formula is C40H68O14P2. The number of phosphoric ester groups is 2. The second-order valence-corrected chi connectivity index (χ2v) is 16.2. The predicted molar refractivity (Wildman–Crippen MR) is 217 cm³/mol. The molecule has 16 heteroatoms. The molecular weight excluding hydrogens is 766 g/mol. The molecule has 0 aliphatic carbocycles. The van der Waals surface area contributed by atoms with E-state index in [2.05, 4.69) is 42.0 Å². The molecule has 0 aromatic rings. The maximum atomic E-state index is 12.6. The SMILES string of the molecule is CC/C=C\CC(O)/C=C/C=C/C/C=C\C/C=C\C/C=C\CCC(=O)O[C@H](COC(=O)CCCCCCCCC(C)C)COP(=O)(O)OC[C@@H](O)COP(=O)(O)O. The van der Waals surface area contributed by atoms with Crippen LogP contribution in [0.5, 0.6) is 0 Å². The van der Waals surface area contributed by atoms with Gasteiger partial charge in [0.05, 0.1) is 25.9 Å². The van der Waals surface area contributed by atoms with Gasteiger partial charge >= 0.3 is 27.6 Å². The molecule has 0 saturated carbocycles. The molecule has 0 spiro atoms. The summed E-state index contributed by atoms with van der Waals surface area (Å²) < 4.78 is 47.4. The molecule has 4 atom stereocenters. The van der Waals surface area contributed by atoms with Crippen molar-refractivity contribution in [1.82, 2.24) is 0 Å². The third-order valence-electron chi connectivity index (χ3n) is 7.62. The molecule has 56 heavy (non-hydrogen) atoms. The Morgan fingerprint density at radius 1 is 0.643 bits per heavy atom. The van der Waals surface area contributed by atoms with Gasteiger partial charge in [0.25, 0.3) is 0 Å². The highest BCUT2D eigenvalue weighted by Gasteiger charge is 2.28. The number of carbonyl (C=O) groups excluding carboxylic acids is 2. The van der Waals surface area contributed by atoms with E-state index in [0.29, 0.717) is 31.6 Å². The Bertz CT molecular complexity index is 1300. The number of phosphoric acid groups is 2. The zero-order chi connectivity index (χ0) is 41.9. The number of carbonyl (C=O) groups is 2. The number of aliphatic hydroxyl groups excluding tert-OH is 2. The molecule has 2 unspecified atom stereocenters. The molecule has 0 aromatic carbocycles. The second-order valence-electron chi connectivity index (χ2n) is 13.5. The Morgan fingerprint density at radius 3 is 1.88 bits per heavy atom. The molecule has 0 heterocycles. The Kier molecular flexibility index (Phi) is 33.0. The van der Waals surface area contributed by atoms with Crippen molar-refractivity contribution in [1.29, 1.82) is 0 Å². The second kappa shape index (κ2) is 34.6. The highest BCUT2D eigenvalue weighted by atomic mass is 31.2. The number of hydrogen-bond donors (Lipinski definition) is 5. The summed E-state index contributed by atoms with van der Waals surface area (Å²) >= 11 is 0. The van der Waals surface area contributed by atoms with E-state index in [1.165, 1.54) is 12.8 Å². The monoisotopic (exact) mass is 834 g/mol. The van der Waals surface area contributed by atoms with Gasteiger partial charge in [0.15, 0.2) is 6.10 Å². The maximum absolute atomic E-state index is 12.6. The molecule has 0 amide bonds. The van der Waals surface area contributed by atoms with E-state index in [4.69, 9.17) is 23.8 Å². The van der Waals surface area contributed by atoms with Crippen molar-refractivity contribution in [2.24, 2.45) is 5.92 Å². The average molecular weight is 835 g/mol. The van der Waals surface area contributed by atoms with Gasteiger partial charge < -0.3 is 34.4 Å². The van der Waals surface area contributed by atoms with Gasteiger partial charge in [-0.15, -0.1) is 0 Å². The van der Waals surface area contributed by atoms with Crippen LogP contribution in [0.15, 0.2) is 72.9 Å². The fraction of sp³-hybridized carbons (Fsp3) is 0.650. The minimum absolute atomic E-state index is 0.0127. The fourth-order valence-electron chi connectivity index (χ4n) is 4.64. The molecule has 0 fully saturated rings. The smallest absolute Gasteiger partial charge is 0.462 e. The Morgan fingerprint density at radius 2 is 1.23 bits per heavy atom. The summed E-state index contributed by atoms with van der Waals surface area (Å²) in [4.78, 5) is 52.4. The molecule has 14 nitrogen and oxygen atoms in total. The van der Waals surface area contributed by atoms with E-state index in [1.807, 2.05) is 54.7 Å². The number of allylic oxidation sites excluding steroid dienone is 10. The van der Waals surface area contributed by atoms with Crippen LogP contribution in [0.25, 0.3) is 0 Å². The van der Waals surface area contributed by atoms with Crippen LogP contribution in [0.3, 0.4) is 0 Å². The summed E-state index contributed by atoms with van der Waals surface area (Å²) in [7, 11) is -9.71. The van der Waals surface area contributed by atoms with Crippen LogP contribution >= 0.6 is 15.6 Å². The number of aliphatic hydroxyl groups is 2. The van der Waals surface area contributed by atoms with Gasteiger partial charge in [-0.2, -0.15) is 0 Å². The van der Waals surface area contributed by atoms with Crippen molar-refractivity contribution >= 4 is 27.6 Å². The first kappa shape index (κ1) is 53.5. The predicted octanol–water partition coefficient (Wildman–Crippen LogP) is 8.27.